The zero-order valence-electron chi connectivity index (χ0n) is 10.9. The number of carbonyl (C=O) groups is 1. The lowest BCUT2D eigenvalue weighted by Gasteiger charge is -2.25. The highest BCUT2D eigenvalue weighted by molar-refractivity contribution is 14.1. The normalized spacial score (nSPS) is 11.4. The third-order valence-electron chi connectivity index (χ3n) is 2.73. The van der Waals surface area contributed by atoms with Crippen LogP contribution < -0.4 is 5.32 Å². The number of nitrogens with one attached hydrogen (secondary N) is 1. The van der Waals surface area contributed by atoms with Gasteiger partial charge in [-0.25, -0.2) is 0 Å². The quantitative estimate of drug-likeness (QED) is 0.653. The highest BCUT2D eigenvalue weighted by Crippen LogP contribution is 2.32. The van der Waals surface area contributed by atoms with Gasteiger partial charge in [-0.3, -0.25) is 4.79 Å². The first-order chi connectivity index (χ1) is 7.90. The second-order valence-corrected chi connectivity index (χ2v) is 5.89. The van der Waals surface area contributed by atoms with E-state index < -0.39 is 0 Å². The van der Waals surface area contributed by atoms with Crippen LogP contribution in [0.5, 0.6) is 0 Å². The maximum absolute atomic E-state index is 11.6. The van der Waals surface area contributed by atoms with Crippen LogP contribution in [0.15, 0.2) is 18.2 Å². The Balaban J connectivity index is 3.26. The molecule has 0 fully saturated rings. The van der Waals surface area contributed by atoms with E-state index in [2.05, 4.69) is 73.8 Å². The molecule has 1 aromatic rings. The van der Waals surface area contributed by atoms with Crippen LogP contribution in [0.1, 0.15) is 38.8 Å². The Morgan fingerprint density at radius 1 is 1.35 bits per heavy atom. The van der Waals surface area contributed by atoms with Crippen molar-refractivity contribution in [3.63, 3.8) is 0 Å². The molecule has 0 spiro atoms. The highest BCUT2D eigenvalue weighted by atomic mass is 127. The van der Waals surface area contributed by atoms with Gasteiger partial charge in [0.15, 0.2) is 0 Å². The van der Waals surface area contributed by atoms with Crippen LogP contribution in [0, 0.1) is 0 Å². The van der Waals surface area contributed by atoms with Crippen molar-refractivity contribution in [2.24, 2.45) is 0 Å². The van der Waals surface area contributed by atoms with Crippen molar-refractivity contribution in [1.29, 1.82) is 0 Å². The van der Waals surface area contributed by atoms with Crippen molar-refractivity contribution < 1.29 is 4.79 Å². The Morgan fingerprint density at radius 2 is 2.00 bits per heavy atom. The molecule has 0 bridgehead atoms. The number of para-hydroxylation sites is 1. The van der Waals surface area contributed by atoms with Crippen LogP contribution in [0.2, 0.25) is 0 Å². The molecule has 0 heterocycles. The molecule has 0 atom stereocenters. The molecule has 3 heteroatoms. The Bertz CT molecular complexity index is 407. The van der Waals surface area contributed by atoms with Crippen LogP contribution in [-0.4, -0.2) is 10.3 Å². The fraction of sp³-hybridized carbons (Fsp3) is 0.500. The summed E-state index contributed by atoms with van der Waals surface area (Å²) >= 11 is 2.08. The summed E-state index contributed by atoms with van der Waals surface area (Å²) < 4.78 is 0.486. The summed E-state index contributed by atoms with van der Waals surface area (Å²) in [6.07, 6.45) is 0.931. The molecule has 2 nitrogen and oxygen atoms in total. The molecule has 0 aliphatic heterocycles. The van der Waals surface area contributed by atoms with Gasteiger partial charge in [0.1, 0.15) is 0 Å². The molecule has 17 heavy (non-hydrogen) atoms. The molecule has 1 N–H and O–H groups in total. The van der Waals surface area contributed by atoms with Gasteiger partial charge < -0.3 is 5.32 Å². The minimum absolute atomic E-state index is 0.0407. The lowest BCUT2D eigenvalue weighted by atomic mass is 9.84. The number of rotatable bonds is 3. The van der Waals surface area contributed by atoms with Crippen LogP contribution in [0.3, 0.4) is 0 Å². The first-order valence-electron chi connectivity index (χ1n) is 5.88. The fourth-order valence-electron chi connectivity index (χ4n) is 1.84. The predicted octanol–water partition coefficient (Wildman–Crippen LogP) is 3.92. The number of aryl methyl sites for hydroxylation is 1. The van der Waals surface area contributed by atoms with Crippen molar-refractivity contribution in [2.75, 3.05) is 9.74 Å². The SMILES string of the molecule is CCc1cccc(C(C)(C)C)c1NC(=O)CI. The summed E-state index contributed by atoms with van der Waals surface area (Å²) in [5, 5.41) is 3.04. The molecule has 0 aliphatic carbocycles. The second-order valence-electron chi connectivity index (χ2n) is 5.13. The summed E-state index contributed by atoms with van der Waals surface area (Å²) in [6.45, 7) is 8.62. The summed E-state index contributed by atoms with van der Waals surface area (Å²) in [7, 11) is 0. The number of halogens is 1. The predicted molar refractivity (Wildman–Crippen MR) is 82.0 cm³/mol. The van der Waals surface area contributed by atoms with Gasteiger partial charge in [0.05, 0.1) is 4.43 Å². The Labute approximate surface area is 117 Å². The van der Waals surface area contributed by atoms with Crippen molar-refractivity contribution in [3.8, 4) is 0 Å². The van der Waals surface area contributed by atoms with E-state index in [4.69, 9.17) is 0 Å². The monoisotopic (exact) mass is 345 g/mol. The third-order valence-corrected chi connectivity index (χ3v) is 3.42. The zero-order chi connectivity index (χ0) is 13.1. The lowest BCUT2D eigenvalue weighted by Crippen LogP contribution is -2.20. The van der Waals surface area contributed by atoms with Gasteiger partial charge >= 0.3 is 0 Å². The smallest absolute Gasteiger partial charge is 0.234 e. The first kappa shape index (κ1) is 14.5. The Morgan fingerprint density at radius 3 is 2.47 bits per heavy atom. The van der Waals surface area contributed by atoms with E-state index in [1.807, 2.05) is 0 Å². The molecule has 0 aliphatic rings. The maximum atomic E-state index is 11.6. The first-order valence-corrected chi connectivity index (χ1v) is 7.41. The average Bonchev–Trinajstić information content (AvgIpc) is 2.27. The number of alkyl halides is 1. The van der Waals surface area contributed by atoms with E-state index in [0.717, 1.165) is 12.1 Å². The van der Waals surface area contributed by atoms with Gasteiger partial charge in [-0.2, -0.15) is 0 Å². The van der Waals surface area contributed by atoms with Crippen molar-refractivity contribution in [3.05, 3.63) is 29.3 Å². The number of anilines is 1. The second kappa shape index (κ2) is 5.85. The van der Waals surface area contributed by atoms with Gasteiger partial charge in [0.2, 0.25) is 5.91 Å². The van der Waals surface area contributed by atoms with E-state index in [9.17, 15) is 4.79 Å². The fourth-order valence-corrected chi connectivity index (χ4v) is 2.03. The van der Waals surface area contributed by atoms with E-state index in [1.165, 1.54) is 11.1 Å². The van der Waals surface area contributed by atoms with Gasteiger partial charge in [-0.05, 0) is 23.0 Å². The number of amides is 1. The molecule has 0 unspecified atom stereocenters. The average molecular weight is 345 g/mol. The van der Waals surface area contributed by atoms with Crippen molar-refractivity contribution in [1.82, 2.24) is 0 Å². The Kier molecular flexibility index (Phi) is 4.98. The van der Waals surface area contributed by atoms with Crippen molar-refractivity contribution in [2.45, 2.75) is 39.5 Å². The Hall–Kier alpha value is -0.580. The van der Waals surface area contributed by atoms with E-state index >= 15 is 0 Å². The van der Waals surface area contributed by atoms with Crippen LogP contribution >= 0.6 is 22.6 Å². The van der Waals surface area contributed by atoms with E-state index in [-0.39, 0.29) is 11.3 Å². The molecule has 1 aromatic carbocycles. The maximum Gasteiger partial charge on any atom is 0.234 e. The molecule has 0 aromatic heterocycles. The molecular weight excluding hydrogens is 325 g/mol. The molecule has 1 amide bonds. The van der Waals surface area contributed by atoms with Gasteiger partial charge in [-0.1, -0.05) is 68.5 Å². The summed E-state index contributed by atoms with van der Waals surface area (Å²) in [6, 6.07) is 6.25. The number of hydrogen-bond acceptors (Lipinski definition) is 1. The summed E-state index contributed by atoms with van der Waals surface area (Å²) in [5.74, 6) is 0.0667. The molecular formula is C14H20INO. The van der Waals surface area contributed by atoms with Crippen LogP contribution in [-0.2, 0) is 16.6 Å². The molecule has 1 rings (SSSR count). The minimum Gasteiger partial charge on any atom is -0.325 e. The number of benzene rings is 1. The zero-order valence-corrected chi connectivity index (χ0v) is 13.1. The topological polar surface area (TPSA) is 29.1 Å². The van der Waals surface area contributed by atoms with E-state index in [1.54, 1.807) is 0 Å². The molecule has 0 radical (unpaired) electrons. The van der Waals surface area contributed by atoms with Crippen molar-refractivity contribution >= 4 is 34.2 Å². The highest BCUT2D eigenvalue weighted by Gasteiger charge is 2.20. The molecule has 0 saturated carbocycles. The number of hydrogen-bond donors (Lipinski definition) is 1. The largest absolute Gasteiger partial charge is 0.325 e. The van der Waals surface area contributed by atoms with Gasteiger partial charge in [0.25, 0.3) is 0 Å². The van der Waals surface area contributed by atoms with Gasteiger partial charge in [0, 0.05) is 5.69 Å². The third kappa shape index (κ3) is 3.69. The van der Waals surface area contributed by atoms with E-state index in [0.29, 0.717) is 4.43 Å². The lowest BCUT2D eigenvalue weighted by molar-refractivity contribution is -0.113. The standard InChI is InChI=1S/C14H20INO/c1-5-10-7-6-8-11(14(2,3)4)13(10)16-12(17)9-15/h6-8H,5,9H2,1-4H3,(H,16,17). The van der Waals surface area contributed by atoms with Crippen LogP contribution in [0.25, 0.3) is 0 Å². The number of carbonyl (C=O) groups excluding carboxylic acids is 1. The summed E-state index contributed by atoms with van der Waals surface area (Å²) in [4.78, 5) is 11.6. The van der Waals surface area contributed by atoms with Gasteiger partial charge in [-0.15, -0.1) is 0 Å². The van der Waals surface area contributed by atoms with Crippen LogP contribution in [0.4, 0.5) is 5.69 Å². The summed E-state index contributed by atoms with van der Waals surface area (Å²) in [5.41, 5.74) is 3.45. The molecule has 94 valence electrons. The minimum atomic E-state index is 0.0407. The molecule has 0 saturated heterocycles.